The van der Waals surface area contributed by atoms with Crippen molar-refractivity contribution in [3.05, 3.63) is 22.1 Å². The summed E-state index contributed by atoms with van der Waals surface area (Å²) < 4.78 is 5.82. The second-order valence-electron chi connectivity index (χ2n) is 2.21. The van der Waals surface area contributed by atoms with Gasteiger partial charge in [0.15, 0.2) is 4.67 Å². The molecule has 3 N–H and O–H groups in total. The minimum atomic E-state index is -0.00530. The average molecular weight is 220 g/mol. The van der Waals surface area contributed by atoms with Crippen molar-refractivity contribution in [1.82, 2.24) is 0 Å². The molecule has 0 spiro atoms. The molecule has 3 nitrogen and oxygen atoms in total. The van der Waals surface area contributed by atoms with Crippen molar-refractivity contribution < 1.29 is 9.52 Å². The lowest BCUT2D eigenvalue weighted by Gasteiger charge is -1.87. The van der Waals surface area contributed by atoms with E-state index in [1.54, 1.807) is 6.07 Å². The van der Waals surface area contributed by atoms with Gasteiger partial charge in [-0.05, 0) is 28.5 Å². The Bertz CT molecular complexity index is 234. The van der Waals surface area contributed by atoms with E-state index >= 15 is 0 Å². The molecule has 0 amide bonds. The summed E-state index contributed by atoms with van der Waals surface area (Å²) in [6.45, 7) is 0.555. The fraction of sp³-hybridized carbons (Fsp3) is 0.429. The molecule has 1 aromatic heterocycles. The van der Waals surface area contributed by atoms with E-state index in [1.807, 2.05) is 0 Å². The van der Waals surface area contributed by atoms with Crippen LogP contribution < -0.4 is 5.73 Å². The molecular weight excluding hydrogens is 210 g/mol. The Morgan fingerprint density at radius 3 is 2.82 bits per heavy atom. The Morgan fingerprint density at radius 1 is 1.64 bits per heavy atom. The monoisotopic (exact) mass is 219 g/mol. The van der Waals surface area contributed by atoms with Gasteiger partial charge in [-0.15, -0.1) is 0 Å². The molecule has 1 heterocycles. The lowest BCUT2D eigenvalue weighted by molar-refractivity contribution is 0.279. The molecule has 0 aliphatic carbocycles. The molecule has 0 aliphatic heterocycles. The number of halogens is 1. The quantitative estimate of drug-likeness (QED) is 0.799. The first-order valence-corrected chi connectivity index (χ1v) is 4.15. The third-order valence-corrected chi connectivity index (χ3v) is 2.04. The van der Waals surface area contributed by atoms with E-state index in [2.05, 4.69) is 15.9 Å². The molecule has 0 radical (unpaired) electrons. The first kappa shape index (κ1) is 8.77. The van der Waals surface area contributed by atoms with Gasteiger partial charge in [-0.25, -0.2) is 0 Å². The highest BCUT2D eigenvalue weighted by Crippen LogP contribution is 2.21. The Morgan fingerprint density at radius 2 is 2.36 bits per heavy atom. The van der Waals surface area contributed by atoms with Crippen LogP contribution in [-0.4, -0.2) is 11.7 Å². The lowest BCUT2D eigenvalue weighted by Crippen LogP contribution is -2.01. The van der Waals surface area contributed by atoms with E-state index in [-0.39, 0.29) is 6.61 Å². The van der Waals surface area contributed by atoms with Crippen molar-refractivity contribution in [2.75, 3.05) is 6.54 Å². The van der Waals surface area contributed by atoms with Gasteiger partial charge in [0.25, 0.3) is 0 Å². The van der Waals surface area contributed by atoms with Gasteiger partial charge >= 0.3 is 0 Å². The van der Waals surface area contributed by atoms with Gasteiger partial charge in [0.1, 0.15) is 5.76 Å². The molecule has 4 heteroatoms. The van der Waals surface area contributed by atoms with E-state index in [4.69, 9.17) is 15.3 Å². The number of nitrogens with two attached hydrogens (primary N) is 1. The number of rotatable bonds is 3. The van der Waals surface area contributed by atoms with Crippen LogP contribution in [0.1, 0.15) is 11.3 Å². The molecular formula is C7H10BrNO2. The van der Waals surface area contributed by atoms with Crippen molar-refractivity contribution in [3.8, 4) is 0 Å². The maximum atomic E-state index is 8.78. The summed E-state index contributed by atoms with van der Waals surface area (Å²) in [6.07, 6.45) is 0.707. The zero-order valence-electron chi connectivity index (χ0n) is 6.01. The van der Waals surface area contributed by atoms with Crippen LogP contribution >= 0.6 is 15.9 Å². The van der Waals surface area contributed by atoms with Gasteiger partial charge in [-0.3, -0.25) is 0 Å². The van der Waals surface area contributed by atoms with Crippen LogP contribution in [0.5, 0.6) is 0 Å². The summed E-state index contributed by atoms with van der Waals surface area (Å²) in [4.78, 5) is 0. The standard InChI is InChI=1S/C7H10BrNO2/c8-7-5(4-10)3-6(11-7)1-2-9/h3,10H,1-2,4,9H2. The molecule has 1 rings (SSSR count). The number of hydrogen-bond donors (Lipinski definition) is 2. The van der Waals surface area contributed by atoms with Crippen molar-refractivity contribution in [2.24, 2.45) is 5.73 Å². The van der Waals surface area contributed by atoms with Gasteiger partial charge in [0, 0.05) is 12.0 Å². The molecule has 0 bridgehead atoms. The van der Waals surface area contributed by atoms with Crippen LogP contribution in [0, 0.1) is 0 Å². The molecule has 0 fully saturated rings. The van der Waals surface area contributed by atoms with E-state index < -0.39 is 0 Å². The molecule has 0 unspecified atom stereocenters. The summed E-state index contributed by atoms with van der Waals surface area (Å²) in [7, 11) is 0. The van der Waals surface area contributed by atoms with Gasteiger partial charge in [0.05, 0.1) is 6.61 Å². The second-order valence-corrected chi connectivity index (χ2v) is 2.93. The summed E-state index contributed by atoms with van der Waals surface area (Å²) in [5.41, 5.74) is 6.10. The first-order valence-electron chi connectivity index (χ1n) is 3.36. The topological polar surface area (TPSA) is 59.4 Å². The van der Waals surface area contributed by atoms with Crippen LogP contribution in [0.15, 0.2) is 15.2 Å². The van der Waals surface area contributed by atoms with Crippen LogP contribution in [0.4, 0.5) is 0 Å². The van der Waals surface area contributed by atoms with Gasteiger partial charge in [-0.1, -0.05) is 0 Å². The normalized spacial score (nSPS) is 10.5. The smallest absolute Gasteiger partial charge is 0.174 e. The molecule has 0 atom stereocenters. The van der Waals surface area contributed by atoms with E-state index in [9.17, 15) is 0 Å². The van der Waals surface area contributed by atoms with E-state index in [0.29, 0.717) is 17.6 Å². The fourth-order valence-electron chi connectivity index (χ4n) is 0.834. The molecule has 62 valence electrons. The summed E-state index contributed by atoms with van der Waals surface area (Å²) in [6, 6.07) is 1.80. The predicted octanol–water partition coefficient (Wildman–Crippen LogP) is 1.04. The highest BCUT2D eigenvalue weighted by Gasteiger charge is 2.05. The minimum Gasteiger partial charge on any atom is -0.454 e. The molecule has 0 aromatic carbocycles. The first-order chi connectivity index (χ1) is 5.27. The van der Waals surface area contributed by atoms with Crippen LogP contribution in [0.2, 0.25) is 0 Å². The van der Waals surface area contributed by atoms with Crippen LogP contribution in [0.25, 0.3) is 0 Å². The molecule has 0 saturated carbocycles. The lowest BCUT2D eigenvalue weighted by atomic mass is 10.3. The number of hydrogen-bond acceptors (Lipinski definition) is 3. The number of aliphatic hydroxyl groups is 1. The molecule has 11 heavy (non-hydrogen) atoms. The second kappa shape index (κ2) is 3.90. The van der Waals surface area contributed by atoms with Crippen LogP contribution in [0.3, 0.4) is 0 Å². The van der Waals surface area contributed by atoms with Gasteiger partial charge < -0.3 is 15.3 Å². The van der Waals surface area contributed by atoms with Crippen molar-refractivity contribution in [1.29, 1.82) is 0 Å². The molecule has 1 aromatic rings. The minimum absolute atomic E-state index is 0.00530. The predicted molar refractivity (Wildman–Crippen MR) is 45.1 cm³/mol. The number of furan rings is 1. The Balaban J connectivity index is 2.77. The SMILES string of the molecule is NCCc1cc(CO)c(Br)o1. The number of aliphatic hydroxyl groups excluding tert-OH is 1. The Kier molecular flexibility index (Phi) is 3.11. The van der Waals surface area contributed by atoms with Gasteiger partial charge in [-0.2, -0.15) is 0 Å². The average Bonchev–Trinajstić information content (AvgIpc) is 2.32. The Hall–Kier alpha value is -0.320. The third kappa shape index (κ3) is 2.05. The Labute approximate surface area is 73.3 Å². The highest BCUT2D eigenvalue weighted by molar-refractivity contribution is 9.10. The maximum absolute atomic E-state index is 8.78. The third-order valence-electron chi connectivity index (χ3n) is 1.37. The summed E-state index contributed by atoms with van der Waals surface area (Å²) >= 11 is 3.18. The van der Waals surface area contributed by atoms with Crippen molar-refractivity contribution in [2.45, 2.75) is 13.0 Å². The fourth-order valence-corrected chi connectivity index (χ4v) is 1.28. The largest absolute Gasteiger partial charge is 0.454 e. The van der Waals surface area contributed by atoms with Crippen molar-refractivity contribution in [3.63, 3.8) is 0 Å². The molecule has 0 saturated heterocycles. The van der Waals surface area contributed by atoms with E-state index in [0.717, 1.165) is 11.3 Å². The highest BCUT2D eigenvalue weighted by atomic mass is 79.9. The van der Waals surface area contributed by atoms with Crippen LogP contribution in [-0.2, 0) is 13.0 Å². The zero-order valence-corrected chi connectivity index (χ0v) is 7.60. The summed E-state index contributed by atoms with van der Waals surface area (Å²) in [5, 5.41) is 8.78. The van der Waals surface area contributed by atoms with Gasteiger partial charge in [0.2, 0.25) is 0 Å². The van der Waals surface area contributed by atoms with E-state index in [1.165, 1.54) is 0 Å². The molecule has 0 aliphatic rings. The summed E-state index contributed by atoms with van der Waals surface area (Å²) in [5.74, 6) is 0.809. The maximum Gasteiger partial charge on any atom is 0.174 e. The van der Waals surface area contributed by atoms with Crippen molar-refractivity contribution >= 4 is 15.9 Å². The zero-order chi connectivity index (χ0) is 8.27.